The smallest absolute Gasteiger partial charge is 0.330 e. The number of aromatic amines is 1. The van der Waals surface area contributed by atoms with Crippen molar-refractivity contribution < 1.29 is 14.2 Å². The molecule has 0 amide bonds. The van der Waals surface area contributed by atoms with Gasteiger partial charge in [0.25, 0.3) is 5.56 Å². The van der Waals surface area contributed by atoms with E-state index in [2.05, 4.69) is 106 Å². The molecule has 8 rings (SSSR count). The molecule has 0 spiro atoms. The number of H-pyrrole nitrogens is 1. The first-order valence-corrected chi connectivity index (χ1v) is 20.0. The van der Waals surface area contributed by atoms with Crippen molar-refractivity contribution in [2.24, 2.45) is 0 Å². The fourth-order valence-corrected chi connectivity index (χ4v) is 9.00. The summed E-state index contributed by atoms with van der Waals surface area (Å²) in [5, 5.41) is 0. The maximum atomic E-state index is 13.6. The second kappa shape index (κ2) is 16.7. The van der Waals surface area contributed by atoms with Crippen LogP contribution in [0, 0.1) is 12.3 Å². The summed E-state index contributed by atoms with van der Waals surface area (Å²) < 4.78 is 22.9. The summed E-state index contributed by atoms with van der Waals surface area (Å²) in [6.07, 6.45) is 4.79. The summed E-state index contributed by atoms with van der Waals surface area (Å²) in [6.45, 7) is 0.0495. The first-order chi connectivity index (χ1) is 28.0. The van der Waals surface area contributed by atoms with E-state index >= 15 is 0 Å². The number of nitrogens with one attached hydrogen (secondary N) is 1. The lowest BCUT2D eigenvalue weighted by Crippen LogP contribution is -2.45. The van der Waals surface area contributed by atoms with Crippen LogP contribution >= 0.6 is 22.6 Å². The SMILES string of the molecule is C#Cc1cn([C@@H]2O[C@H](COC(c3ccccc3)(c3ccccc3)c3ccccc3)[C@@H](OC(c3ccccc3)(c3ccccc3)c3ccccc3)[C@H]2I)c(=O)[nH]c1=O. The number of nitrogens with zero attached hydrogens (tertiary/aromatic N) is 1. The zero-order valence-corrected chi connectivity index (χ0v) is 33.0. The molecule has 1 saturated heterocycles. The van der Waals surface area contributed by atoms with Crippen molar-refractivity contribution in [3.05, 3.63) is 248 Å². The van der Waals surface area contributed by atoms with Crippen LogP contribution in [0.25, 0.3) is 0 Å². The average Bonchev–Trinajstić information content (AvgIpc) is 3.58. The van der Waals surface area contributed by atoms with E-state index in [4.69, 9.17) is 20.6 Å². The highest BCUT2D eigenvalue weighted by atomic mass is 127. The van der Waals surface area contributed by atoms with Crippen molar-refractivity contribution in [1.82, 2.24) is 9.55 Å². The Bertz CT molecular complexity index is 2370. The first-order valence-electron chi connectivity index (χ1n) is 18.7. The van der Waals surface area contributed by atoms with Gasteiger partial charge in [-0.1, -0.05) is 211 Å². The summed E-state index contributed by atoms with van der Waals surface area (Å²) in [7, 11) is 0. The van der Waals surface area contributed by atoms with Crippen LogP contribution in [-0.2, 0) is 25.4 Å². The number of halogens is 1. The largest absolute Gasteiger partial charge is 0.358 e. The molecule has 0 aliphatic carbocycles. The third kappa shape index (κ3) is 7.20. The molecule has 7 nitrogen and oxygen atoms in total. The number of alkyl halides is 1. The Balaban J connectivity index is 1.31. The standard InChI is InChI=1S/C49H39IN2O5/c1-2-35-33-52(47(54)51-45(35)53)46-43(50)44(57-49(39-27-15-6-16-28-39,40-29-17-7-18-30-40)41-31-19-8-20-32-41)42(56-46)34-55-48(36-21-9-3-10-22-36,37-23-11-4-12-24-37)38-25-13-5-14-26-38/h1,3-33,42-44,46H,34H2,(H,51,53,54)/t42-,43-,44-,46-/m1/s1. The molecule has 0 saturated carbocycles. The average molecular weight is 863 g/mol. The van der Waals surface area contributed by atoms with Crippen molar-refractivity contribution in [1.29, 1.82) is 0 Å². The van der Waals surface area contributed by atoms with Gasteiger partial charge in [0.2, 0.25) is 0 Å². The molecular formula is C49H39IN2O5. The molecule has 7 aromatic rings. The molecule has 1 fully saturated rings. The number of hydrogen-bond acceptors (Lipinski definition) is 5. The number of terminal acetylenes is 1. The molecule has 6 aromatic carbocycles. The van der Waals surface area contributed by atoms with Gasteiger partial charge in [0.05, 0.1) is 10.5 Å². The maximum absolute atomic E-state index is 13.6. The van der Waals surface area contributed by atoms with Gasteiger partial charge in [-0.2, -0.15) is 0 Å². The van der Waals surface area contributed by atoms with Gasteiger partial charge in [-0.25, -0.2) is 4.79 Å². The van der Waals surface area contributed by atoms with Gasteiger partial charge in [0.1, 0.15) is 29.0 Å². The fraction of sp³-hybridized carbons (Fsp3) is 0.143. The quantitative estimate of drug-likeness (QED) is 0.0577. The van der Waals surface area contributed by atoms with Gasteiger partial charge >= 0.3 is 5.69 Å². The minimum atomic E-state index is -1.12. The third-order valence-electron chi connectivity index (χ3n) is 10.5. The third-order valence-corrected chi connectivity index (χ3v) is 11.8. The zero-order chi connectivity index (χ0) is 39.2. The van der Waals surface area contributed by atoms with E-state index in [1.54, 1.807) is 0 Å². The Labute approximate surface area is 345 Å². The number of benzene rings is 6. The summed E-state index contributed by atoms with van der Waals surface area (Å²) >= 11 is 2.31. The zero-order valence-electron chi connectivity index (χ0n) is 30.9. The van der Waals surface area contributed by atoms with Crippen LogP contribution in [0.3, 0.4) is 0 Å². The molecule has 8 heteroatoms. The van der Waals surface area contributed by atoms with Crippen LogP contribution in [-0.4, -0.2) is 32.3 Å². The molecule has 0 radical (unpaired) electrons. The maximum Gasteiger partial charge on any atom is 0.330 e. The van der Waals surface area contributed by atoms with E-state index < -0.39 is 44.8 Å². The van der Waals surface area contributed by atoms with Crippen LogP contribution in [0.4, 0.5) is 0 Å². The van der Waals surface area contributed by atoms with E-state index in [9.17, 15) is 9.59 Å². The predicted octanol–water partition coefficient (Wildman–Crippen LogP) is 8.60. The van der Waals surface area contributed by atoms with Gasteiger partial charge < -0.3 is 14.2 Å². The molecule has 57 heavy (non-hydrogen) atoms. The van der Waals surface area contributed by atoms with Crippen molar-refractivity contribution in [2.45, 2.75) is 33.6 Å². The number of aromatic nitrogens is 2. The van der Waals surface area contributed by atoms with E-state index in [0.29, 0.717) is 0 Å². The molecule has 0 unspecified atom stereocenters. The van der Waals surface area contributed by atoms with E-state index in [1.807, 2.05) is 109 Å². The van der Waals surface area contributed by atoms with Gasteiger partial charge in [-0.15, -0.1) is 6.42 Å². The molecular weight excluding hydrogens is 823 g/mol. The van der Waals surface area contributed by atoms with Crippen molar-refractivity contribution in [3.8, 4) is 12.3 Å². The summed E-state index contributed by atoms with van der Waals surface area (Å²) in [6, 6.07) is 60.8. The fourth-order valence-electron chi connectivity index (χ4n) is 7.87. The highest BCUT2D eigenvalue weighted by Gasteiger charge is 2.52. The van der Waals surface area contributed by atoms with E-state index in [1.165, 1.54) is 10.8 Å². The molecule has 282 valence electrons. The lowest BCUT2D eigenvalue weighted by Gasteiger charge is -2.41. The van der Waals surface area contributed by atoms with Gasteiger partial charge in [-0.3, -0.25) is 14.3 Å². The first kappa shape index (κ1) is 38.1. The molecule has 4 atom stereocenters. The Morgan fingerprint density at radius 2 is 0.982 bits per heavy atom. The Kier molecular flexibility index (Phi) is 11.2. The monoisotopic (exact) mass is 862 g/mol. The molecule has 1 aromatic heterocycles. The van der Waals surface area contributed by atoms with Gasteiger partial charge in [0.15, 0.2) is 6.23 Å². The van der Waals surface area contributed by atoms with Crippen LogP contribution in [0.2, 0.25) is 0 Å². The van der Waals surface area contributed by atoms with Crippen molar-refractivity contribution in [2.75, 3.05) is 6.61 Å². The van der Waals surface area contributed by atoms with E-state index in [0.717, 1.165) is 33.4 Å². The summed E-state index contributed by atoms with van der Waals surface area (Å²) in [5.41, 5.74) is 2.10. The van der Waals surface area contributed by atoms with Crippen LogP contribution in [0.5, 0.6) is 0 Å². The highest BCUT2D eigenvalue weighted by Crippen LogP contribution is 2.48. The van der Waals surface area contributed by atoms with Crippen molar-refractivity contribution in [3.63, 3.8) is 0 Å². The molecule has 2 heterocycles. The predicted molar refractivity (Wildman–Crippen MR) is 230 cm³/mol. The van der Waals surface area contributed by atoms with Crippen LogP contribution in [0.15, 0.2) is 198 Å². The second-order valence-corrected chi connectivity index (χ2v) is 15.3. The summed E-state index contributed by atoms with van der Waals surface area (Å²) in [5.74, 6) is 2.41. The minimum absolute atomic E-state index is 0.0161. The number of ether oxygens (including phenoxy) is 3. The highest BCUT2D eigenvalue weighted by molar-refractivity contribution is 14.1. The Hall–Kier alpha value is -5.83. The molecule has 1 N–H and O–H groups in total. The van der Waals surface area contributed by atoms with Gasteiger partial charge in [-0.05, 0) is 33.4 Å². The van der Waals surface area contributed by atoms with Gasteiger partial charge in [0, 0.05) is 6.20 Å². The Morgan fingerprint density at radius 1 is 0.614 bits per heavy atom. The molecule has 1 aliphatic heterocycles. The topological polar surface area (TPSA) is 82.6 Å². The lowest BCUT2D eigenvalue weighted by molar-refractivity contribution is -0.126. The number of rotatable bonds is 12. The molecule has 0 bridgehead atoms. The van der Waals surface area contributed by atoms with Crippen LogP contribution in [0.1, 0.15) is 45.2 Å². The summed E-state index contributed by atoms with van der Waals surface area (Å²) in [4.78, 5) is 28.6. The normalized spacial score (nSPS) is 18.2. The number of hydrogen-bond donors (Lipinski definition) is 1. The Morgan fingerprint density at radius 3 is 1.35 bits per heavy atom. The minimum Gasteiger partial charge on any atom is -0.358 e. The van der Waals surface area contributed by atoms with Crippen molar-refractivity contribution >= 4 is 22.6 Å². The van der Waals surface area contributed by atoms with Crippen LogP contribution < -0.4 is 11.2 Å². The van der Waals surface area contributed by atoms with E-state index in [-0.39, 0.29) is 12.2 Å². The molecule has 1 aliphatic rings. The second-order valence-electron chi connectivity index (χ2n) is 13.8. The lowest BCUT2D eigenvalue weighted by atomic mass is 9.79.